The number of nitrogens with one attached hydrogen (secondary N) is 1. The van der Waals surface area contributed by atoms with Crippen molar-refractivity contribution in [2.24, 2.45) is 0 Å². The smallest absolute Gasteiger partial charge is 0.257 e. The molecule has 0 saturated heterocycles. The minimum Gasteiger partial charge on any atom is -0.494 e. The molecule has 4 nitrogen and oxygen atoms in total. The Morgan fingerprint density at radius 1 is 1.00 bits per heavy atom. The highest BCUT2D eigenvalue weighted by Gasteiger charge is 2.13. The fourth-order valence-electron chi connectivity index (χ4n) is 3.25. The van der Waals surface area contributed by atoms with Gasteiger partial charge in [0.2, 0.25) is 0 Å². The van der Waals surface area contributed by atoms with Crippen LogP contribution in [0.15, 0.2) is 48.5 Å². The molecule has 0 fully saturated rings. The van der Waals surface area contributed by atoms with Crippen LogP contribution in [0.25, 0.3) is 11.3 Å². The van der Waals surface area contributed by atoms with E-state index in [1.165, 1.54) is 29.7 Å². The summed E-state index contributed by atoms with van der Waals surface area (Å²) in [7, 11) is 0. The molecule has 0 unspecified atom stereocenters. The van der Waals surface area contributed by atoms with Crippen molar-refractivity contribution < 1.29 is 9.53 Å². The van der Waals surface area contributed by atoms with Gasteiger partial charge in [0.1, 0.15) is 5.75 Å². The predicted molar refractivity (Wildman–Crippen MR) is 126 cm³/mol. The zero-order valence-electron chi connectivity index (χ0n) is 18.0. The van der Waals surface area contributed by atoms with Crippen LogP contribution < -0.4 is 10.1 Å². The van der Waals surface area contributed by atoms with Crippen LogP contribution in [-0.4, -0.2) is 17.5 Å². The van der Waals surface area contributed by atoms with Crippen molar-refractivity contribution >= 4 is 22.4 Å². The Kier molecular flexibility index (Phi) is 8.03. The summed E-state index contributed by atoms with van der Waals surface area (Å²) in [5.74, 6) is 0.632. The number of benzene rings is 2. The first-order valence-corrected chi connectivity index (χ1v) is 11.5. The van der Waals surface area contributed by atoms with Crippen molar-refractivity contribution in [1.29, 1.82) is 0 Å². The highest BCUT2D eigenvalue weighted by Crippen LogP contribution is 2.31. The van der Waals surface area contributed by atoms with Crippen molar-refractivity contribution in [1.82, 2.24) is 4.98 Å². The van der Waals surface area contributed by atoms with Crippen LogP contribution in [0.1, 0.15) is 60.3 Å². The fourth-order valence-corrected chi connectivity index (χ4v) is 4.08. The van der Waals surface area contributed by atoms with Gasteiger partial charge in [0.15, 0.2) is 5.13 Å². The summed E-state index contributed by atoms with van der Waals surface area (Å²) in [4.78, 5) is 18.4. The predicted octanol–water partition coefficient (Wildman–Crippen LogP) is 6.89. The third kappa shape index (κ3) is 5.92. The highest BCUT2D eigenvalue weighted by atomic mass is 32.1. The van der Waals surface area contributed by atoms with Crippen LogP contribution in [0.2, 0.25) is 0 Å². The lowest BCUT2D eigenvalue weighted by Crippen LogP contribution is -2.11. The fraction of sp³-hybridized carbons (Fsp3) is 0.360. The molecule has 1 amide bonds. The zero-order chi connectivity index (χ0) is 21.3. The average Bonchev–Trinajstić information content (AvgIpc) is 3.12. The third-order valence-electron chi connectivity index (χ3n) is 4.92. The SMILES string of the molecule is CCCCCOc1ccc(C(=O)Nc2nc(-c3ccc(CCC)cc3)c(C)s2)cc1. The van der Waals surface area contributed by atoms with Crippen LogP contribution in [-0.2, 0) is 6.42 Å². The number of aryl methyl sites for hydroxylation is 2. The lowest BCUT2D eigenvalue weighted by Gasteiger charge is -2.07. The quantitative estimate of drug-likeness (QED) is 0.362. The van der Waals surface area contributed by atoms with Gasteiger partial charge in [0.25, 0.3) is 5.91 Å². The molecule has 0 atom stereocenters. The van der Waals surface area contributed by atoms with Crippen LogP contribution in [0, 0.1) is 6.92 Å². The van der Waals surface area contributed by atoms with Gasteiger partial charge < -0.3 is 4.74 Å². The van der Waals surface area contributed by atoms with Gasteiger partial charge in [-0.1, -0.05) is 57.4 Å². The number of hydrogen-bond donors (Lipinski definition) is 1. The molecule has 1 aromatic heterocycles. The molecule has 3 aromatic rings. The number of hydrogen-bond acceptors (Lipinski definition) is 4. The van der Waals surface area contributed by atoms with E-state index in [1.807, 2.05) is 19.1 Å². The molecule has 5 heteroatoms. The second-order valence-electron chi connectivity index (χ2n) is 7.40. The van der Waals surface area contributed by atoms with E-state index in [4.69, 9.17) is 4.74 Å². The van der Waals surface area contributed by atoms with E-state index in [0.717, 1.165) is 41.1 Å². The molecular weight excluding hydrogens is 392 g/mol. The summed E-state index contributed by atoms with van der Waals surface area (Å²) in [6, 6.07) is 15.8. The van der Waals surface area contributed by atoms with Crippen LogP contribution >= 0.6 is 11.3 Å². The van der Waals surface area contributed by atoms with E-state index >= 15 is 0 Å². The maximum absolute atomic E-state index is 12.6. The molecule has 158 valence electrons. The molecule has 1 heterocycles. The molecule has 0 radical (unpaired) electrons. The van der Waals surface area contributed by atoms with Gasteiger partial charge in [0, 0.05) is 16.0 Å². The van der Waals surface area contributed by atoms with Gasteiger partial charge >= 0.3 is 0 Å². The van der Waals surface area contributed by atoms with Gasteiger partial charge in [0.05, 0.1) is 12.3 Å². The Morgan fingerprint density at radius 2 is 1.73 bits per heavy atom. The molecule has 0 aliphatic heterocycles. The standard InChI is InChI=1S/C25H30N2O2S/c1-4-6-7-17-29-22-15-13-21(14-16-22)24(28)27-25-26-23(18(3)30-25)20-11-9-19(8-5-2)10-12-20/h9-16H,4-8,17H2,1-3H3,(H,26,27,28). The molecule has 0 bridgehead atoms. The molecule has 2 aromatic carbocycles. The van der Waals surface area contributed by atoms with E-state index in [9.17, 15) is 4.79 Å². The van der Waals surface area contributed by atoms with Gasteiger partial charge in [-0.3, -0.25) is 10.1 Å². The summed E-state index contributed by atoms with van der Waals surface area (Å²) < 4.78 is 5.71. The maximum Gasteiger partial charge on any atom is 0.257 e. The minimum absolute atomic E-state index is 0.161. The highest BCUT2D eigenvalue weighted by molar-refractivity contribution is 7.16. The number of carbonyl (C=O) groups is 1. The van der Waals surface area contributed by atoms with Crippen LogP contribution in [0.3, 0.4) is 0 Å². The van der Waals surface area contributed by atoms with E-state index in [1.54, 1.807) is 12.1 Å². The number of aromatic nitrogens is 1. The van der Waals surface area contributed by atoms with E-state index < -0.39 is 0 Å². The van der Waals surface area contributed by atoms with Gasteiger partial charge in [-0.25, -0.2) is 4.98 Å². The lowest BCUT2D eigenvalue weighted by atomic mass is 10.1. The lowest BCUT2D eigenvalue weighted by molar-refractivity contribution is 0.102. The second-order valence-corrected chi connectivity index (χ2v) is 8.61. The molecule has 0 spiro atoms. The van der Waals surface area contributed by atoms with Crippen LogP contribution in [0.5, 0.6) is 5.75 Å². The van der Waals surface area contributed by atoms with Crippen molar-refractivity contribution in [3.05, 3.63) is 64.5 Å². The number of rotatable bonds is 10. The van der Waals surface area contributed by atoms with E-state index in [0.29, 0.717) is 17.3 Å². The number of thiazole rings is 1. The first-order chi connectivity index (χ1) is 14.6. The van der Waals surface area contributed by atoms with Crippen LogP contribution in [0.4, 0.5) is 5.13 Å². The number of unbranched alkanes of at least 4 members (excludes halogenated alkanes) is 2. The topological polar surface area (TPSA) is 51.2 Å². The minimum atomic E-state index is -0.161. The Morgan fingerprint density at radius 3 is 2.40 bits per heavy atom. The average molecular weight is 423 g/mol. The summed E-state index contributed by atoms with van der Waals surface area (Å²) in [5, 5.41) is 3.54. The summed E-state index contributed by atoms with van der Waals surface area (Å²) in [6.07, 6.45) is 5.60. The van der Waals surface area contributed by atoms with Gasteiger partial charge in [-0.15, -0.1) is 11.3 Å². The van der Waals surface area contributed by atoms with E-state index in [2.05, 4.69) is 48.4 Å². The molecule has 30 heavy (non-hydrogen) atoms. The first kappa shape index (κ1) is 22.0. The molecule has 0 aliphatic carbocycles. The molecule has 0 aliphatic rings. The number of anilines is 1. The largest absolute Gasteiger partial charge is 0.494 e. The number of carbonyl (C=O) groups excluding carboxylic acids is 1. The molecular formula is C25H30N2O2S. The number of amides is 1. The number of ether oxygens (including phenoxy) is 1. The Hall–Kier alpha value is -2.66. The Balaban J connectivity index is 1.62. The summed E-state index contributed by atoms with van der Waals surface area (Å²) >= 11 is 1.50. The maximum atomic E-state index is 12.6. The Labute approximate surface area is 183 Å². The van der Waals surface area contributed by atoms with E-state index in [-0.39, 0.29) is 5.91 Å². The Bertz CT molecular complexity index is 946. The first-order valence-electron chi connectivity index (χ1n) is 10.7. The monoisotopic (exact) mass is 422 g/mol. The molecule has 1 N–H and O–H groups in total. The zero-order valence-corrected chi connectivity index (χ0v) is 18.8. The molecule has 3 rings (SSSR count). The van der Waals surface area contributed by atoms with Crippen molar-refractivity contribution in [3.63, 3.8) is 0 Å². The van der Waals surface area contributed by atoms with Gasteiger partial charge in [-0.05, 0) is 49.6 Å². The van der Waals surface area contributed by atoms with Crippen molar-refractivity contribution in [2.75, 3.05) is 11.9 Å². The van der Waals surface area contributed by atoms with Crippen molar-refractivity contribution in [3.8, 4) is 17.0 Å². The molecule has 0 saturated carbocycles. The van der Waals surface area contributed by atoms with Gasteiger partial charge in [-0.2, -0.15) is 0 Å². The second kappa shape index (κ2) is 10.9. The third-order valence-corrected chi connectivity index (χ3v) is 5.80. The summed E-state index contributed by atoms with van der Waals surface area (Å²) in [6.45, 7) is 7.10. The summed E-state index contributed by atoms with van der Waals surface area (Å²) in [5.41, 5.74) is 3.93. The normalized spacial score (nSPS) is 10.8. The number of nitrogens with zero attached hydrogens (tertiary/aromatic N) is 1. The van der Waals surface area contributed by atoms with Crippen molar-refractivity contribution in [2.45, 2.75) is 52.9 Å².